The molecule has 3 atom stereocenters. The summed E-state index contributed by atoms with van der Waals surface area (Å²) in [6.45, 7) is 13.5. The molecule has 3 unspecified atom stereocenters. The minimum absolute atomic E-state index is 0.0681. The number of allylic oxidation sites excluding steroid dienone is 6. The summed E-state index contributed by atoms with van der Waals surface area (Å²) in [7, 11) is 10.5. The maximum absolute atomic E-state index is 12.9. The number of fused-ring (bicyclic) bond motifs is 2. The second-order valence-corrected chi connectivity index (χ2v) is 15.8. The van der Waals surface area contributed by atoms with E-state index in [1.165, 1.54) is 17.1 Å². The first-order valence-corrected chi connectivity index (χ1v) is 21.6. The Morgan fingerprint density at radius 1 is 1.10 bits per heavy atom. The number of para-hydroxylation sites is 1. The summed E-state index contributed by atoms with van der Waals surface area (Å²) >= 11 is 2.70. The van der Waals surface area contributed by atoms with E-state index in [2.05, 4.69) is 65.4 Å². The van der Waals surface area contributed by atoms with Crippen LogP contribution in [0.2, 0.25) is 0 Å². The van der Waals surface area contributed by atoms with Gasteiger partial charge in [0.25, 0.3) is 0 Å². The van der Waals surface area contributed by atoms with Crippen LogP contribution in [0, 0.1) is 18.3 Å². The van der Waals surface area contributed by atoms with Gasteiger partial charge >= 0.3 is 289 Å². The fraction of sp³-hybridized carbons (Fsp3) is 0.324. The van der Waals surface area contributed by atoms with E-state index in [1.54, 1.807) is 16.3 Å². The molecule has 1 aliphatic carbocycles. The molecule has 0 saturated heterocycles. The van der Waals surface area contributed by atoms with Crippen molar-refractivity contribution >= 4 is 104 Å². The number of benzene rings is 1. The van der Waals surface area contributed by atoms with Crippen LogP contribution in [0.1, 0.15) is 77.5 Å². The Bertz CT molecular complexity index is 1970. The summed E-state index contributed by atoms with van der Waals surface area (Å²) in [6, 6.07) is 10.5. The second-order valence-electron chi connectivity index (χ2n) is 10.5. The third kappa shape index (κ3) is 8.78. The van der Waals surface area contributed by atoms with Gasteiger partial charge in [0.1, 0.15) is 0 Å². The third-order valence-electron chi connectivity index (χ3n) is 7.93. The number of aromatic nitrogens is 2. The van der Waals surface area contributed by atoms with E-state index < -0.39 is 11.3 Å². The van der Waals surface area contributed by atoms with E-state index in [1.807, 2.05) is 71.4 Å². The van der Waals surface area contributed by atoms with Crippen LogP contribution in [0.5, 0.6) is 17.2 Å². The fourth-order valence-corrected chi connectivity index (χ4v) is 9.06. The molecule has 2 N–H and O–H groups in total. The van der Waals surface area contributed by atoms with E-state index in [0.717, 1.165) is 59.4 Å². The number of aromatic hydroxyl groups is 2. The van der Waals surface area contributed by atoms with E-state index in [-0.39, 0.29) is 17.0 Å². The van der Waals surface area contributed by atoms with Crippen molar-refractivity contribution in [3.05, 3.63) is 81.0 Å². The van der Waals surface area contributed by atoms with Gasteiger partial charge in [-0.1, -0.05) is 41.5 Å². The number of rotatable bonds is 4. The van der Waals surface area contributed by atoms with Gasteiger partial charge in [-0.05, 0) is 0 Å². The summed E-state index contributed by atoms with van der Waals surface area (Å²) in [5.74, 6) is 0.954. The summed E-state index contributed by atoms with van der Waals surface area (Å²) in [4.78, 5) is 12.9. The standard InChI is InChI=1S/C31H28IN3O4P3.3C2H6.Tl/c1-15-25(36)26(37)23(34(2)30(15)38)24-28(40)22(29(41)31(42)35(24)3)19(14-33)20(32)12-11-16-8-6-9-18-13-17-7-4-5-10-21(17)39-27(16)18;3*1-2;/h4-5,7,10-11,13H,6,8-9,40-42H2,1-3H3,(H,36,38);3*1-2H3;/p+2/b12-11?,20-19-;;;;. The van der Waals surface area contributed by atoms with Gasteiger partial charge < -0.3 is 0 Å². The first-order valence-electron chi connectivity index (χ1n) is 16.4. The van der Waals surface area contributed by atoms with Gasteiger partial charge in [-0.15, -0.1) is 0 Å². The zero-order valence-corrected chi connectivity index (χ0v) is 40.3. The predicted molar refractivity (Wildman–Crippen MR) is 226 cm³/mol. The van der Waals surface area contributed by atoms with Crippen LogP contribution in [0.25, 0.3) is 23.0 Å². The summed E-state index contributed by atoms with van der Waals surface area (Å²) in [6.07, 6.45) is 7.31. The summed E-state index contributed by atoms with van der Waals surface area (Å²) in [5.41, 5.74) is 5.85. The van der Waals surface area contributed by atoms with Crippen molar-refractivity contribution in [1.29, 1.82) is 5.26 Å². The van der Waals surface area contributed by atoms with Gasteiger partial charge in [-0.25, -0.2) is 0 Å². The Hall–Kier alpha value is -1.89. The van der Waals surface area contributed by atoms with Crippen molar-refractivity contribution in [2.75, 3.05) is 0 Å². The van der Waals surface area contributed by atoms with Crippen LogP contribution in [0.3, 0.4) is 0 Å². The molecule has 7 nitrogen and oxygen atoms in total. The quantitative estimate of drug-likeness (QED) is 0.0773. The van der Waals surface area contributed by atoms with Gasteiger partial charge in [0.15, 0.2) is 0 Å². The molecule has 0 amide bonds. The Balaban J connectivity index is 0.00000132. The molecule has 1 aliphatic heterocycles. The molecular weight excluding hydrogens is 975 g/mol. The molecule has 0 bridgehead atoms. The normalized spacial score (nSPS) is 13.8. The predicted octanol–water partition coefficient (Wildman–Crippen LogP) is 6.54. The van der Waals surface area contributed by atoms with Gasteiger partial charge in [0.05, 0.1) is 0 Å². The summed E-state index contributed by atoms with van der Waals surface area (Å²) < 4.78 is 11.6. The number of hydrogen-bond acceptors (Lipinski definition) is 5. The fourth-order valence-electron chi connectivity index (χ4n) is 5.54. The van der Waals surface area contributed by atoms with E-state index >= 15 is 0 Å². The number of hydrogen-bond donors (Lipinski definition) is 2. The van der Waals surface area contributed by atoms with Crippen molar-refractivity contribution in [1.82, 2.24) is 4.57 Å². The Kier molecular flexibility index (Phi) is 17.4. The van der Waals surface area contributed by atoms with Crippen LogP contribution in [0.15, 0.2) is 58.8 Å². The molecule has 0 fully saturated rings. The van der Waals surface area contributed by atoms with Crippen LogP contribution < -0.4 is 30.9 Å². The topological polar surface area (TPSA) is 99.4 Å². The molecule has 0 radical (unpaired) electrons. The van der Waals surface area contributed by atoms with E-state index in [4.69, 9.17) is 4.74 Å². The molecule has 3 aromatic rings. The molecule has 0 saturated carbocycles. The second kappa shape index (κ2) is 19.6. The first-order chi connectivity index (χ1) is 23.4. The molecule has 2 aliphatic rings. The van der Waals surface area contributed by atoms with Crippen LogP contribution >= 0.6 is 50.3 Å². The SMILES string of the molecule is CC.CC.CC.Cc1c(O)c(O)c(-c2c(P)c(/C(C#N)=C(I)/[C]([Tl])=C/C3=C4Oc5ccccc5C=C4CCC3)c(P)c([PH3+])[n+]2C)n(C)c1=O. The molecule has 5 rings (SSSR count). The van der Waals surface area contributed by atoms with E-state index in [9.17, 15) is 20.3 Å². The van der Waals surface area contributed by atoms with Crippen molar-refractivity contribution in [2.45, 2.75) is 67.7 Å². The average molecular weight is 1020 g/mol. The molecule has 258 valence electrons. The maximum atomic E-state index is 12.9. The van der Waals surface area contributed by atoms with Gasteiger partial charge in [0, 0.05) is 0 Å². The number of nitrogens with zero attached hydrogens (tertiary/aromatic N) is 3. The molecular formula is C37H48IN3O4P3Tl+2. The average Bonchev–Trinajstić information content (AvgIpc) is 3.13. The van der Waals surface area contributed by atoms with Gasteiger partial charge in [-0.3, -0.25) is 0 Å². The molecule has 3 heterocycles. The monoisotopic (exact) mass is 1020 g/mol. The van der Waals surface area contributed by atoms with E-state index in [0.29, 0.717) is 47.9 Å². The third-order valence-corrected chi connectivity index (χ3v) is 15.6. The van der Waals surface area contributed by atoms with Crippen molar-refractivity contribution in [3.8, 4) is 34.7 Å². The Morgan fingerprint density at radius 3 is 2.33 bits per heavy atom. The molecule has 1 aromatic carbocycles. The number of pyridine rings is 2. The molecule has 2 aromatic heterocycles. The molecule has 0 spiro atoms. The zero-order valence-electron chi connectivity index (χ0n) is 30.0. The molecule has 49 heavy (non-hydrogen) atoms. The van der Waals surface area contributed by atoms with Crippen molar-refractivity contribution in [3.63, 3.8) is 0 Å². The van der Waals surface area contributed by atoms with Crippen molar-refractivity contribution < 1.29 is 19.5 Å². The number of halogens is 1. The first kappa shape index (κ1) is 43.3. The van der Waals surface area contributed by atoms with Crippen LogP contribution in [-0.2, 0) is 14.1 Å². The van der Waals surface area contributed by atoms with Gasteiger partial charge in [0.2, 0.25) is 0 Å². The van der Waals surface area contributed by atoms with Gasteiger partial charge in [-0.2, -0.15) is 0 Å². The summed E-state index contributed by atoms with van der Waals surface area (Å²) in [5, 5.41) is 33.7. The van der Waals surface area contributed by atoms with Crippen molar-refractivity contribution in [2.24, 2.45) is 14.1 Å². The van der Waals surface area contributed by atoms with Crippen LogP contribution in [-0.4, -0.2) is 40.5 Å². The minimum atomic E-state index is -0.446. The number of nitriles is 1. The zero-order chi connectivity index (χ0) is 37.3. The number of ether oxygens (including phenoxy) is 1. The Morgan fingerprint density at radius 2 is 1.71 bits per heavy atom. The van der Waals surface area contributed by atoms with Crippen LogP contribution in [0.4, 0.5) is 0 Å². The Labute approximate surface area is 328 Å². The molecule has 12 heteroatoms.